The molecule has 7 rings (SSSR count). The van der Waals surface area contributed by atoms with Crippen LogP contribution in [0.25, 0.3) is 0 Å². The fourth-order valence-electron chi connectivity index (χ4n) is 8.22. The van der Waals surface area contributed by atoms with Crippen LogP contribution < -0.4 is 15.4 Å². The van der Waals surface area contributed by atoms with Crippen molar-refractivity contribution in [1.29, 1.82) is 5.26 Å². The van der Waals surface area contributed by atoms with Gasteiger partial charge in [-0.1, -0.05) is 30.4 Å². The molecule has 2 bridgehead atoms. The topological polar surface area (TPSA) is 112 Å². The first-order valence-electron chi connectivity index (χ1n) is 13.7. The maximum Gasteiger partial charge on any atom is 0.244 e. The number of carbonyl (C=O) groups excluding carboxylic acids is 3. The monoisotopic (exact) mass is 500 g/mol. The van der Waals surface area contributed by atoms with E-state index >= 15 is 0 Å². The van der Waals surface area contributed by atoms with Gasteiger partial charge in [-0.15, -0.1) is 0 Å². The van der Waals surface area contributed by atoms with E-state index in [4.69, 9.17) is 4.74 Å². The lowest BCUT2D eigenvalue weighted by Crippen LogP contribution is -2.52. The summed E-state index contributed by atoms with van der Waals surface area (Å²) in [5.74, 6) is 1.31. The number of carbonyl (C=O) groups is 3. The van der Waals surface area contributed by atoms with Gasteiger partial charge >= 0.3 is 0 Å². The van der Waals surface area contributed by atoms with Crippen molar-refractivity contribution >= 4 is 17.7 Å². The zero-order valence-corrected chi connectivity index (χ0v) is 20.8. The Morgan fingerprint density at radius 2 is 2.11 bits per heavy atom. The van der Waals surface area contributed by atoms with Gasteiger partial charge in [0.05, 0.1) is 12.7 Å². The summed E-state index contributed by atoms with van der Waals surface area (Å²) in [4.78, 5) is 41.8. The van der Waals surface area contributed by atoms with Crippen molar-refractivity contribution in [3.05, 3.63) is 42.0 Å². The number of amides is 3. The van der Waals surface area contributed by atoms with Crippen molar-refractivity contribution in [3.8, 4) is 11.8 Å². The van der Waals surface area contributed by atoms with E-state index in [1.54, 1.807) is 0 Å². The minimum absolute atomic E-state index is 0.0544. The van der Waals surface area contributed by atoms with Crippen LogP contribution in [0, 0.1) is 46.8 Å². The lowest BCUT2D eigenvalue weighted by molar-refractivity contribution is -0.141. The molecule has 1 aromatic carbocycles. The molecule has 9 unspecified atom stereocenters. The molecule has 0 radical (unpaired) electrons. The van der Waals surface area contributed by atoms with E-state index in [0.29, 0.717) is 44.4 Å². The number of likely N-dealkylation sites (tertiary alicyclic amines) is 1. The summed E-state index contributed by atoms with van der Waals surface area (Å²) in [5, 5.41) is 15.5. The van der Waals surface area contributed by atoms with Gasteiger partial charge in [-0.05, 0) is 61.8 Å². The number of fused-ring (bicyclic) bond motifs is 7. The molecule has 8 nitrogen and oxygen atoms in total. The molecule has 2 N–H and O–H groups in total. The summed E-state index contributed by atoms with van der Waals surface area (Å²) in [6.07, 6.45) is 8.10. The highest BCUT2D eigenvalue weighted by Gasteiger charge is 2.65. The van der Waals surface area contributed by atoms with E-state index < -0.39 is 12.1 Å². The number of ether oxygens (including phenoxy) is 1. The molecule has 3 aliphatic carbocycles. The zero-order valence-electron chi connectivity index (χ0n) is 20.8. The fourth-order valence-corrected chi connectivity index (χ4v) is 8.22. The van der Waals surface area contributed by atoms with Gasteiger partial charge in [0.25, 0.3) is 0 Å². The average Bonchev–Trinajstić information content (AvgIpc) is 3.37. The van der Waals surface area contributed by atoms with E-state index in [-0.39, 0.29) is 46.8 Å². The molecule has 2 saturated carbocycles. The highest BCUT2D eigenvalue weighted by atomic mass is 16.5. The van der Waals surface area contributed by atoms with Crippen LogP contribution in [0.4, 0.5) is 0 Å². The first-order valence-corrected chi connectivity index (χ1v) is 13.7. The van der Waals surface area contributed by atoms with Crippen LogP contribution in [0.1, 0.15) is 37.7 Å². The summed E-state index contributed by atoms with van der Waals surface area (Å²) in [6, 6.07) is 8.88. The van der Waals surface area contributed by atoms with Crippen LogP contribution in [0.15, 0.2) is 36.4 Å². The number of benzene rings is 1. The molecule has 37 heavy (non-hydrogen) atoms. The minimum Gasteiger partial charge on any atom is -0.493 e. The van der Waals surface area contributed by atoms with Gasteiger partial charge in [0.1, 0.15) is 17.8 Å². The second-order valence-corrected chi connectivity index (χ2v) is 11.8. The number of nitrogens with one attached hydrogen (secondary N) is 2. The SMILES string of the molecule is N#CC(CC1CCNC1=O)NC(=O)C1C2C3C=CC(C3)C2CN1C(=O)C1CC12CCOc1ccccc12. The number of hydrogen-bond donors (Lipinski definition) is 2. The first-order chi connectivity index (χ1) is 18.0. The van der Waals surface area contributed by atoms with Gasteiger partial charge < -0.3 is 20.3 Å². The minimum atomic E-state index is -0.749. The summed E-state index contributed by atoms with van der Waals surface area (Å²) in [7, 11) is 0. The number of allylic oxidation sites excluding steroid dienone is 2. The molecule has 2 saturated heterocycles. The summed E-state index contributed by atoms with van der Waals surface area (Å²) < 4.78 is 5.87. The highest BCUT2D eigenvalue weighted by Crippen LogP contribution is 2.62. The average molecular weight is 501 g/mol. The number of nitrogens with zero attached hydrogens (tertiary/aromatic N) is 2. The lowest BCUT2D eigenvalue weighted by atomic mass is 9.81. The van der Waals surface area contributed by atoms with Crippen LogP contribution >= 0.6 is 0 Å². The van der Waals surface area contributed by atoms with E-state index in [1.165, 1.54) is 0 Å². The first kappa shape index (κ1) is 22.8. The molecule has 3 amide bonds. The van der Waals surface area contributed by atoms with Gasteiger partial charge in [-0.3, -0.25) is 14.4 Å². The predicted molar refractivity (Wildman–Crippen MR) is 133 cm³/mol. The second-order valence-electron chi connectivity index (χ2n) is 11.8. The molecular formula is C29H32N4O4. The molecule has 9 atom stereocenters. The van der Waals surface area contributed by atoms with Crippen molar-refractivity contribution in [2.75, 3.05) is 19.7 Å². The molecule has 6 aliphatic rings. The summed E-state index contributed by atoms with van der Waals surface area (Å²) in [6.45, 7) is 1.81. The smallest absolute Gasteiger partial charge is 0.244 e. The Morgan fingerprint density at radius 1 is 1.27 bits per heavy atom. The Kier molecular flexibility index (Phi) is 5.14. The van der Waals surface area contributed by atoms with Crippen molar-refractivity contribution in [2.24, 2.45) is 35.5 Å². The van der Waals surface area contributed by atoms with E-state index in [1.807, 2.05) is 23.1 Å². The molecule has 8 heteroatoms. The Hall–Kier alpha value is -3.34. The highest BCUT2D eigenvalue weighted by molar-refractivity contribution is 5.92. The third-order valence-electron chi connectivity index (χ3n) is 10.1. The van der Waals surface area contributed by atoms with Gasteiger partial charge in [0.2, 0.25) is 17.7 Å². The van der Waals surface area contributed by atoms with Gasteiger partial charge in [0.15, 0.2) is 0 Å². The van der Waals surface area contributed by atoms with E-state index in [0.717, 1.165) is 30.6 Å². The fraction of sp³-hybridized carbons (Fsp3) is 0.586. The molecule has 1 aromatic rings. The molecule has 1 spiro atoms. The van der Waals surface area contributed by atoms with E-state index in [2.05, 4.69) is 34.9 Å². The van der Waals surface area contributed by atoms with Crippen LogP contribution in [0.3, 0.4) is 0 Å². The Balaban J connectivity index is 1.13. The van der Waals surface area contributed by atoms with Crippen molar-refractivity contribution < 1.29 is 19.1 Å². The second kappa shape index (κ2) is 8.34. The maximum atomic E-state index is 14.1. The van der Waals surface area contributed by atoms with Gasteiger partial charge in [-0.25, -0.2) is 0 Å². The van der Waals surface area contributed by atoms with Crippen molar-refractivity contribution in [2.45, 2.75) is 49.6 Å². The summed E-state index contributed by atoms with van der Waals surface area (Å²) in [5.41, 5.74) is 0.911. The number of hydrogen-bond acceptors (Lipinski definition) is 5. The van der Waals surface area contributed by atoms with Gasteiger partial charge in [-0.2, -0.15) is 5.26 Å². The maximum absolute atomic E-state index is 14.1. The normalized spacial score (nSPS) is 38.9. The summed E-state index contributed by atoms with van der Waals surface area (Å²) >= 11 is 0. The van der Waals surface area contributed by atoms with Gasteiger partial charge in [0, 0.05) is 35.9 Å². The van der Waals surface area contributed by atoms with Crippen LogP contribution in [0.5, 0.6) is 5.75 Å². The largest absolute Gasteiger partial charge is 0.493 e. The van der Waals surface area contributed by atoms with Crippen molar-refractivity contribution in [3.63, 3.8) is 0 Å². The van der Waals surface area contributed by atoms with Crippen LogP contribution in [-0.2, 0) is 19.8 Å². The molecule has 3 heterocycles. The third-order valence-corrected chi connectivity index (χ3v) is 10.1. The third kappa shape index (κ3) is 3.43. The number of rotatable bonds is 5. The van der Waals surface area contributed by atoms with Crippen molar-refractivity contribution in [1.82, 2.24) is 15.5 Å². The predicted octanol–water partition coefficient (Wildman–Crippen LogP) is 1.91. The molecule has 3 aliphatic heterocycles. The number of para-hydroxylation sites is 1. The zero-order chi connectivity index (χ0) is 25.3. The molecular weight excluding hydrogens is 468 g/mol. The standard InChI is InChI=1S/C29H32N4O4/c30-14-19(12-18-7-9-31-26(18)34)32-27(35)25-24-17-6-5-16(11-17)20(24)15-33(25)28(36)22-13-29(22)8-10-37-23-4-2-1-3-21(23)29/h1-6,16-20,22,24-25H,7-13,15H2,(H,31,34)(H,32,35). The molecule has 4 fully saturated rings. The van der Waals surface area contributed by atoms with Crippen LogP contribution in [-0.4, -0.2) is 54.4 Å². The Labute approximate surface area is 216 Å². The number of nitriles is 1. The quantitative estimate of drug-likeness (QED) is 0.600. The molecule has 192 valence electrons. The van der Waals surface area contributed by atoms with Crippen LogP contribution in [0.2, 0.25) is 0 Å². The molecule has 0 aromatic heterocycles. The Morgan fingerprint density at radius 3 is 2.92 bits per heavy atom. The Bertz CT molecular complexity index is 1240. The van der Waals surface area contributed by atoms with E-state index in [9.17, 15) is 19.6 Å². The lowest BCUT2D eigenvalue weighted by Gasteiger charge is -2.32.